The smallest absolute Gasteiger partial charge is 0.410 e. The standard InChI is InChI=1S/C18H26N4O4/c1-18(2,3)26-17(24)21(4)11-14-19-13-5-8-22(16(23)15(13)20-14)12-6-9-25-10-7-12/h5,8,12H,6-7,9-11H2,1-4H3,(H,19,20). The van der Waals surface area contributed by atoms with Crippen LogP contribution in [-0.4, -0.2) is 51.4 Å². The summed E-state index contributed by atoms with van der Waals surface area (Å²) in [6.07, 6.45) is 3.02. The molecule has 0 spiro atoms. The molecular weight excluding hydrogens is 336 g/mol. The Hall–Kier alpha value is -2.35. The predicted molar refractivity (Wildman–Crippen MR) is 97.1 cm³/mol. The van der Waals surface area contributed by atoms with Crippen molar-refractivity contribution in [1.82, 2.24) is 19.4 Å². The Morgan fingerprint density at radius 2 is 2.12 bits per heavy atom. The van der Waals surface area contributed by atoms with Crippen LogP contribution >= 0.6 is 0 Å². The Bertz CT molecular complexity index is 843. The topological polar surface area (TPSA) is 89.5 Å². The summed E-state index contributed by atoms with van der Waals surface area (Å²) in [5, 5.41) is 0. The Labute approximate surface area is 152 Å². The van der Waals surface area contributed by atoms with E-state index >= 15 is 0 Å². The molecule has 1 amide bonds. The van der Waals surface area contributed by atoms with Crippen molar-refractivity contribution >= 4 is 17.1 Å². The van der Waals surface area contributed by atoms with Crippen LogP contribution in [0.4, 0.5) is 4.79 Å². The first-order chi connectivity index (χ1) is 12.2. The number of imidazole rings is 1. The molecule has 0 aromatic carbocycles. The van der Waals surface area contributed by atoms with Gasteiger partial charge in [-0.1, -0.05) is 0 Å². The number of aromatic nitrogens is 3. The van der Waals surface area contributed by atoms with Crippen LogP contribution in [0.1, 0.15) is 45.5 Å². The maximum Gasteiger partial charge on any atom is 0.410 e. The van der Waals surface area contributed by atoms with E-state index in [9.17, 15) is 9.59 Å². The van der Waals surface area contributed by atoms with Gasteiger partial charge in [0.05, 0.1) is 12.1 Å². The molecule has 8 nitrogen and oxygen atoms in total. The Kier molecular flexibility index (Phi) is 5.04. The zero-order valence-electron chi connectivity index (χ0n) is 15.7. The lowest BCUT2D eigenvalue weighted by atomic mass is 10.1. The summed E-state index contributed by atoms with van der Waals surface area (Å²) < 4.78 is 12.5. The maximum absolute atomic E-state index is 12.8. The molecule has 26 heavy (non-hydrogen) atoms. The second-order valence-electron chi connectivity index (χ2n) is 7.65. The lowest BCUT2D eigenvalue weighted by Gasteiger charge is -2.24. The van der Waals surface area contributed by atoms with Gasteiger partial charge in [0.25, 0.3) is 5.56 Å². The number of ether oxygens (including phenoxy) is 2. The van der Waals surface area contributed by atoms with Crippen molar-refractivity contribution in [2.45, 2.75) is 51.8 Å². The molecule has 1 aliphatic heterocycles. The molecule has 8 heteroatoms. The lowest BCUT2D eigenvalue weighted by Crippen LogP contribution is -2.34. The number of nitrogens with one attached hydrogen (secondary N) is 1. The van der Waals surface area contributed by atoms with Gasteiger partial charge < -0.3 is 23.9 Å². The third-order valence-corrected chi connectivity index (χ3v) is 4.30. The highest BCUT2D eigenvalue weighted by Crippen LogP contribution is 2.20. The molecule has 0 saturated carbocycles. The van der Waals surface area contributed by atoms with Crippen LogP contribution in [0.2, 0.25) is 0 Å². The van der Waals surface area contributed by atoms with Crippen molar-refractivity contribution in [3.63, 3.8) is 0 Å². The average Bonchev–Trinajstić information content (AvgIpc) is 2.98. The van der Waals surface area contributed by atoms with E-state index in [4.69, 9.17) is 9.47 Å². The molecule has 2 aromatic heterocycles. The van der Waals surface area contributed by atoms with Gasteiger partial charge in [0, 0.05) is 32.5 Å². The number of H-pyrrole nitrogens is 1. The van der Waals surface area contributed by atoms with E-state index in [0.717, 1.165) is 12.8 Å². The third kappa shape index (κ3) is 4.07. The highest BCUT2D eigenvalue weighted by atomic mass is 16.6. The van der Waals surface area contributed by atoms with E-state index in [0.29, 0.717) is 30.1 Å². The summed E-state index contributed by atoms with van der Waals surface area (Å²) in [6, 6.07) is 1.98. The van der Waals surface area contributed by atoms with Gasteiger partial charge in [0.2, 0.25) is 0 Å². The number of aromatic amines is 1. The molecule has 0 aliphatic carbocycles. The first kappa shape index (κ1) is 18.4. The van der Waals surface area contributed by atoms with Crippen LogP contribution in [0.25, 0.3) is 11.0 Å². The zero-order valence-corrected chi connectivity index (χ0v) is 15.7. The minimum absolute atomic E-state index is 0.0897. The molecule has 3 heterocycles. The number of nitrogens with zero attached hydrogens (tertiary/aromatic N) is 3. The summed E-state index contributed by atoms with van der Waals surface area (Å²) in [5.74, 6) is 0.551. The van der Waals surface area contributed by atoms with Crippen molar-refractivity contribution in [1.29, 1.82) is 0 Å². The summed E-state index contributed by atoms with van der Waals surface area (Å²) in [7, 11) is 1.64. The van der Waals surface area contributed by atoms with Crippen LogP contribution in [0.5, 0.6) is 0 Å². The van der Waals surface area contributed by atoms with Gasteiger partial charge in [-0.15, -0.1) is 0 Å². The number of fused-ring (bicyclic) bond motifs is 1. The van der Waals surface area contributed by atoms with E-state index in [-0.39, 0.29) is 18.1 Å². The molecule has 0 unspecified atom stereocenters. The van der Waals surface area contributed by atoms with Crippen LogP contribution in [0.3, 0.4) is 0 Å². The first-order valence-electron chi connectivity index (χ1n) is 8.86. The van der Waals surface area contributed by atoms with Gasteiger partial charge in [-0.3, -0.25) is 4.79 Å². The first-order valence-corrected chi connectivity index (χ1v) is 8.86. The van der Waals surface area contributed by atoms with Gasteiger partial charge in [0.15, 0.2) is 0 Å². The Balaban J connectivity index is 1.80. The minimum atomic E-state index is -0.559. The fraction of sp³-hybridized carbons (Fsp3) is 0.611. The number of hydrogen-bond acceptors (Lipinski definition) is 5. The van der Waals surface area contributed by atoms with Crippen molar-refractivity contribution < 1.29 is 14.3 Å². The van der Waals surface area contributed by atoms with Gasteiger partial charge >= 0.3 is 6.09 Å². The van der Waals surface area contributed by atoms with Crippen LogP contribution < -0.4 is 5.56 Å². The highest BCUT2D eigenvalue weighted by molar-refractivity contribution is 5.74. The molecule has 142 valence electrons. The quantitative estimate of drug-likeness (QED) is 0.906. The molecule has 0 atom stereocenters. The number of pyridine rings is 1. The molecule has 1 fully saturated rings. The summed E-state index contributed by atoms with van der Waals surface area (Å²) in [5.41, 5.74) is 0.418. The number of carbonyl (C=O) groups is 1. The SMILES string of the molecule is CN(Cc1nc2ccn(C3CCOCC3)c(=O)c2[nH]1)C(=O)OC(C)(C)C. The van der Waals surface area contributed by atoms with E-state index in [2.05, 4.69) is 9.97 Å². The van der Waals surface area contributed by atoms with E-state index < -0.39 is 11.7 Å². The Morgan fingerprint density at radius 3 is 2.77 bits per heavy atom. The maximum atomic E-state index is 12.8. The summed E-state index contributed by atoms with van der Waals surface area (Å²) >= 11 is 0. The van der Waals surface area contributed by atoms with Gasteiger partial charge in [-0.2, -0.15) is 0 Å². The fourth-order valence-electron chi connectivity index (χ4n) is 3.02. The predicted octanol–water partition coefficient (Wildman–Crippen LogP) is 2.44. The van der Waals surface area contributed by atoms with Gasteiger partial charge in [-0.05, 0) is 39.7 Å². The van der Waals surface area contributed by atoms with Crippen LogP contribution in [0.15, 0.2) is 17.1 Å². The molecule has 0 bridgehead atoms. The molecule has 3 rings (SSSR count). The zero-order chi connectivity index (χ0) is 18.9. The number of rotatable bonds is 3. The fourth-order valence-corrected chi connectivity index (χ4v) is 3.02. The Morgan fingerprint density at radius 1 is 1.42 bits per heavy atom. The summed E-state index contributed by atoms with van der Waals surface area (Å²) in [6.45, 7) is 7.03. The normalized spacial score (nSPS) is 16.0. The molecule has 1 saturated heterocycles. The average molecular weight is 362 g/mol. The van der Waals surface area contributed by atoms with Crippen molar-refractivity contribution in [2.75, 3.05) is 20.3 Å². The minimum Gasteiger partial charge on any atom is -0.444 e. The largest absolute Gasteiger partial charge is 0.444 e. The third-order valence-electron chi connectivity index (χ3n) is 4.30. The van der Waals surface area contributed by atoms with E-state index in [1.54, 1.807) is 17.8 Å². The lowest BCUT2D eigenvalue weighted by molar-refractivity contribution is 0.0281. The molecule has 1 aliphatic rings. The van der Waals surface area contributed by atoms with Gasteiger partial charge in [0.1, 0.15) is 16.9 Å². The van der Waals surface area contributed by atoms with E-state index in [1.165, 1.54) is 4.90 Å². The second-order valence-corrected chi connectivity index (χ2v) is 7.65. The molecule has 1 N–H and O–H groups in total. The van der Waals surface area contributed by atoms with Gasteiger partial charge in [-0.25, -0.2) is 9.78 Å². The van der Waals surface area contributed by atoms with Crippen molar-refractivity contribution in [3.8, 4) is 0 Å². The molecule has 2 aromatic rings. The molecule has 0 radical (unpaired) electrons. The number of amides is 1. The van der Waals surface area contributed by atoms with Crippen molar-refractivity contribution in [3.05, 3.63) is 28.4 Å². The summed E-state index contributed by atoms with van der Waals surface area (Å²) in [4.78, 5) is 33.8. The molecular formula is C18H26N4O4. The monoisotopic (exact) mass is 362 g/mol. The van der Waals surface area contributed by atoms with Crippen LogP contribution in [-0.2, 0) is 16.0 Å². The number of hydrogen-bond donors (Lipinski definition) is 1. The number of carbonyl (C=O) groups excluding carboxylic acids is 1. The van der Waals surface area contributed by atoms with Crippen LogP contribution in [0, 0.1) is 0 Å². The van der Waals surface area contributed by atoms with E-state index in [1.807, 2.05) is 26.8 Å². The highest BCUT2D eigenvalue weighted by Gasteiger charge is 2.22. The second kappa shape index (κ2) is 7.11. The van der Waals surface area contributed by atoms with Crippen molar-refractivity contribution in [2.24, 2.45) is 0 Å².